The molecule has 3 rings (SSSR count). The second-order valence-electron chi connectivity index (χ2n) is 6.33. The Balaban J connectivity index is 1.85. The number of fused-ring (bicyclic) bond motifs is 3. The minimum absolute atomic E-state index is 0.0107. The van der Waals surface area contributed by atoms with Gasteiger partial charge in [0.2, 0.25) is 0 Å². The SMILES string of the molecule is C/C1=C/CC[C@@]2(C)O[C@H]2[C@H]2OC(=O)[C@@H](C)[C@@H]2CC1. The smallest absolute Gasteiger partial charge is 0.309 e. The van der Waals surface area contributed by atoms with Crippen molar-refractivity contribution in [1.29, 1.82) is 0 Å². The molecule has 1 aliphatic carbocycles. The van der Waals surface area contributed by atoms with Gasteiger partial charge in [0.15, 0.2) is 0 Å². The molecular formula is C15H22O3. The van der Waals surface area contributed by atoms with E-state index >= 15 is 0 Å². The Morgan fingerprint density at radius 1 is 1.44 bits per heavy atom. The van der Waals surface area contributed by atoms with Crippen LogP contribution in [0.4, 0.5) is 0 Å². The van der Waals surface area contributed by atoms with Crippen LogP contribution in [0.3, 0.4) is 0 Å². The number of esters is 1. The van der Waals surface area contributed by atoms with Crippen LogP contribution in [0.2, 0.25) is 0 Å². The zero-order valence-electron chi connectivity index (χ0n) is 11.4. The molecule has 0 aromatic carbocycles. The molecule has 3 aliphatic rings. The summed E-state index contributed by atoms with van der Waals surface area (Å²) in [5.41, 5.74) is 1.37. The number of carbonyl (C=O) groups excluding carboxylic acids is 1. The van der Waals surface area contributed by atoms with Gasteiger partial charge in [-0.3, -0.25) is 4.79 Å². The summed E-state index contributed by atoms with van der Waals surface area (Å²) in [6.45, 7) is 6.33. The Labute approximate surface area is 109 Å². The summed E-state index contributed by atoms with van der Waals surface area (Å²) < 4.78 is 11.5. The van der Waals surface area contributed by atoms with Crippen LogP contribution >= 0.6 is 0 Å². The van der Waals surface area contributed by atoms with Gasteiger partial charge in [-0.15, -0.1) is 0 Å². The van der Waals surface area contributed by atoms with Gasteiger partial charge in [0.25, 0.3) is 0 Å². The number of carbonyl (C=O) groups is 1. The first-order chi connectivity index (χ1) is 8.51. The molecule has 3 heteroatoms. The summed E-state index contributed by atoms with van der Waals surface area (Å²) in [5.74, 6) is 0.310. The highest BCUT2D eigenvalue weighted by molar-refractivity contribution is 5.75. The predicted molar refractivity (Wildman–Crippen MR) is 68.0 cm³/mol. The second-order valence-corrected chi connectivity index (χ2v) is 6.33. The molecule has 2 fully saturated rings. The topological polar surface area (TPSA) is 38.8 Å². The van der Waals surface area contributed by atoms with E-state index < -0.39 is 0 Å². The molecule has 0 amide bonds. The van der Waals surface area contributed by atoms with E-state index in [4.69, 9.17) is 9.47 Å². The first-order valence-corrected chi connectivity index (χ1v) is 7.05. The zero-order valence-corrected chi connectivity index (χ0v) is 11.4. The van der Waals surface area contributed by atoms with Crippen molar-refractivity contribution in [3.05, 3.63) is 11.6 Å². The molecule has 0 radical (unpaired) electrons. The largest absolute Gasteiger partial charge is 0.459 e. The zero-order chi connectivity index (χ0) is 12.9. The van der Waals surface area contributed by atoms with Crippen LogP contribution in [-0.2, 0) is 14.3 Å². The van der Waals surface area contributed by atoms with Crippen LogP contribution in [0, 0.1) is 11.8 Å². The van der Waals surface area contributed by atoms with E-state index in [1.807, 2.05) is 6.92 Å². The molecule has 100 valence electrons. The molecule has 0 aromatic heterocycles. The van der Waals surface area contributed by atoms with Gasteiger partial charge >= 0.3 is 5.97 Å². The quantitative estimate of drug-likeness (QED) is 0.377. The fourth-order valence-corrected chi connectivity index (χ4v) is 3.46. The van der Waals surface area contributed by atoms with Gasteiger partial charge in [-0.1, -0.05) is 18.6 Å². The standard InChI is InChI=1S/C15H22O3/c1-9-5-4-8-15(3)13(18-15)12-11(7-6-9)10(2)14(16)17-12/h5,10-13H,4,6-8H2,1-3H3/b9-5-/t10-,11-,12-,13-,15+/m0/s1. The molecule has 0 aromatic rings. The highest BCUT2D eigenvalue weighted by Crippen LogP contribution is 2.50. The first-order valence-electron chi connectivity index (χ1n) is 7.05. The van der Waals surface area contributed by atoms with E-state index in [2.05, 4.69) is 19.9 Å². The summed E-state index contributed by atoms with van der Waals surface area (Å²) in [6.07, 6.45) is 6.66. The fourth-order valence-electron chi connectivity index (χ4n) is 3.46. The van der Waals surface area contributed by atoms with Crippen molar-refractivity contribution in [2.45, 2.75) is 64.3 Å². The molecule has 2 saturated heterocycles. The van der Waals surface area contributed by atoms with Gasteiger partial charge in [-0.25, -0.2) is 0 Å². The minimum atomic E-state index is -0.0681. The lowest BCUT2D eigenvalue weighted by atomic mass is 9.81. The summed E-state index contributed by atoms with van der Waals surface area (Å²) in [4.78, 5) is 11.8. The molecule has 2 heterocycles. The maximum Gasteiger partial charge on any atom is 0.309 e. The van der Waals surface area contributed by atoms with Crippen molar-refractivity contribution in [2.75, 3.05) is 0 Å². The average molecular weight is 250 g/mol. The predicted octanol–water partition coefficient (Wildman–Crippen LogP) is 2.84. The highest BCUT2D eigenvalue weighted by Gasteiger charge is 2.61. The molecule has 0 saturated carbocycles. The fraction of sp³-hybridized carbons (Fsp3) is 0.800. The Morgan fingerprint density at radius 2 is 2.22 bits per heavy atom. The van der Waals surface area contributed by atoms with Crippen LogP contribution in [-0.4, -0.2) is 23.8 Å². The van der Waals surface area contributed by atoms with E-state index in [9.17, 15) is 4.79 Å². The third-order valence-corrected chi connectivity index (χ3v) is 4.93. The van der Waals surface area contributed by atoms with Gasteiger partial charge in [0.1, 0.15) is 12.2 Å². The van der Waals surface area contributed by atoms with E-state index in [0.29, 0.717) is 5.92 Å². The minimum Gasteiger partial charge on any atom is -0.459 e. The molecule has 2 aliphatic heterocycles. The van der Waals surface area contributed by atoms with Crippen LogP contribution in [0.1, 0.15) is 46.5 Å². The van der Waals surface area contributed by atoms with Crippen molar-refractivity contribution >= 4 is 5.97 Å². The monoisotopic (exact) mass is 250 g/mol. The van der Waals surface area contributed by atoms with Gasteiger partial charge < -0.3 is 9.47 Å². The number of rotatable bonds is 0. The molecule has 3 nitrogen and oxygen atoms in total. The van der Waals surface area contributed by atoms with E-state index in [0.717, 1.165) is 25.7 Å². The van der Waals surface area contributed by atoms with Crippen molar-refractivity contribution in [2.24, 2.45) is 11.8 Å². The molecule has 0 N–H and O–H groups in total. The molecule has 0 unspecified atom stereocenters. The van der Waals surface area contributed by atoms with Crippen LogP contribution in [0.5, 0.6) is 0 Å². The van der Waals surface area contributed by atoms with Crippen molar-refractivity contribution in [3.63, 3.8) is 0 Å². The lowest BCUT2D eigenvalue weighted by Gasteiger charge is -2.20. The van der Waals surface area contributed by atoms with Gasteiger partial charge in [0.05, 0.1) is 11.5 Å². The normalized spacial score (nSPS) is 50.6. The van der Waals surface area contributed by atoms with E-state index in [-0.39, 0.29) is 29.7 Å². The molecule has 0 bridgehead atoms. The summed E-state index contributed by atoms with van der Waals surface area (Å²) in [6, 6.07) is 0. The Morgan fingerprint density at radius 3 is 3.00 bits per heavy atom. The lowest BCUT2D eigenvalue weighted by molar-refractivity contribution is -0.144. The summed E-state index contributed by atoms with van der Waals surface area (Å²) in [7, 11) is 0. The average Bonchev–Trinajstić information content (AvgIpc) is 2.90. The second kappa shape index (κ2) is 4.09. The Kier molecular flexibility index (Phi) is 2.77. The maximum absolute atomic E-state index is 11.8. The van der Waals surface area contributed by atoms with Gasteiger partial charge in [0, 0.05) is 5.92 Å². The molecule has 5 atom stereocenters. The molecular weight excluding hydrogens is 228 g/mol. The third kappa shape index (κ3) is 1.89. The third-order valence-electron chi connectivity index (χ3n) is 4.93. The molecule has 18 heavy (non-hydrogen) atoms. The summed E-state index contributed by atoms with van der Waals surface area (Å²) in [5, 5.41) is 0. The Bertz CT molecular complexity index is 401. The number of hydrogen-bond donors (Lipinski definition) is 0. The summed E-state index contributed by atoms with van der Waals surface area (Å²) >= 11 is 0. The van der Waals surface area contributed by atoms with Crippen molar-refractivity contribution < 1.29 is 14.3 Å². The van der Waals surface area contributed by atoms with E-state index in [1.54, 1.807) is 0 Å². The van der Waals surface area contributed by atoms with E-state index in [1.165, 1.54) is 5.57 Å². The number of hydrogen-bond acceptors (Lipinski definition) is 3. The Hall–Kier alpha value is -0.830. The highest BCUT2D eigenvalue weighted by atomic mass is 16.6. The van der Waals surface area contributed by atoms with Crippen molar-refractivity contribution in [3.8, 4) is 0 Å². The molecule has 0 spiro atoms. The first kappa shape index (κ1) is 12.2. The number of ether oxygens (including phenoxy) is 2. The number of allylic oxidation sites excluding steroid dienone is 2. The van der Waals surface area contributed by atoms with Gasteiger partial charge in [-0.05, 0) is 39.5 Å². The number of epoxide rings is 1. The van der Waals surface area contributed by atoms with Gasteiger partial charge in [-0.2, -0.15) is 0 Å². The maximum atomic E-state index is 11.8. The lowest BCUT2D eigenvalue weighted by Crippen LogP contribution is -2.29. The van der Waals surface area contributed by atoms with Crippen molar-refractivity contribution in [1.82, 2.24) is 0 Å². The van der Waals surface area contributed by atoms with Crippen LogP contribution in [0.15, 0.2) is 11.6 Å². The van der Waals surface area contributed by atoms with Crippen LogP contribution in [0.25, 0.3) is 0 Å². The van der Waals surface area contributed by atoms with Crippen LogP contribution < -0.4 is 0 Å².